The van der Waals surface area contributed by atoms with Gasteiger partial charge in [0.05, 0.1) is 0 Å². The van der Waals surface area contributed by atoms with Crippen LogP contribution in [0.15, 0.2) is 205 Å². The lowest BCUT2D eigenvalue weighted by atomic mass is 9.91. The van der Waals surface area contributed by atoms with Gasteiger partial charge in [0.1, 0.15) is 5.52 Å². The molecule has 0 radical (unpaired) electrons. The number of benzene rings is 8. The van der Waals surface area contributed by atoms with Crippen LogP contribution in [0, 0.1) is 0 Å². The Morgan fingerprint density at radius 2 is 1.00 bits per heavy atom. The number of oxazole rings is 1. The Balaban J connectivity index is 1.10. The number of hydrogen-bond acceptors (Lipinski definition) is 4. The third kappa shape index (κ3) is 5.67. The van der Waals surface area contributed by atoms with Crippen LogP contribution >= 0.6 is 0 Å². The summed E-state index contributed by atoms with van der Waals surface area (Å²) < 4.78 is 6.60. The van der Waals surface area contributed by atoms with Gasteiger partial charge in [0, 0.05) is 46.0 Å². The molecule has 0 aliphatic rings. The molecule has 0 bridgehead atoms. The van der Waals surface area contributed by atoms with Gasteiger partial charge in [0.15, 0.2) is 5.58 Å². The normalized spacial score (nSPS) is 11.3. The number of pyridine rings is 1. The van der Waals surface area contributed by atoms with Crippen molar-refractivity contribution in [2.45, 2.75) is 0 Å². The van der Waals surface area contributed by atoms with Gasteiger partial charge in [-0.05, 0) is 117 Å². The first-order chi connectivity index (χ1) is 26.8. The molecule has 10 aromatic rings. The van der Waals surface area contributed by atoms with Gasteiger partial charge < -0.3 is 9.32 Å². The molecule has 0 unspecified atom stereocenters. The maximum absolute atomic E-state index is 6.60. The SMILES string of the molecule is c1ccc(-c2ccc(N(c3ccccc3)c3ccc(-c4ccc5c(-c6cccnc6)cc6ccc7nc(-c8ccccc8)oc7c6c5c4)cc3)cc2)cc1. The summed E-state index contributed by atoms with van der Waals surface area (Å²) in [6, 6.07) is 66.1. The van der Waals surface area contributed by atoms with Crippen molar-refractivity contribution in [3.63, 3.8) is 0 Å². The Kier molecular flexibility index (Phi) is 7.77. The number of nitrogens with zero attached hydrogens (tertiary/aromatic N) is 3. The van der Waals surface area contributed by atoms with Crippen LogP contribution in [0.1, 0.15) is 0 Å². The largest absolute Gasteiger partial charge is 0.435 e. The molecule has 54 heavy (non-hydrogen) atoms. The van der Waals surface area contributed by atoms with Gasteiger partial charge in [0.2, 0.25) is 5.89 Å². The fraction of sp³-hybridized carbons (Fsp3) is 0. The van der Waals surface area contributed by atoms with Crippen LogP contribution in [-0.4, -0.2) is 9.97 Å². The van der Waals surface area contributed by atoms with Gasteiger partial charge in [0.25, 0.3) is 0 Å². The van der Waals surface area contributed by atoms with E-state index in [1.165, 1.54) is 11.1 Å². The second kappa shape index (κ2) is 13.4. The first kappa shape index (κ1) is 31.4. The van der Waals surface area contributed by atoms with Gasteiger partial charge in [-0.2, -0.15) is 0 Å². The lowest BCUT2D eigenvalue weighted by Gasteiger charge is -2.26. The molecule has 0 N–H and O–H groups in total. The highest BCUT2D eigenvalue weighted by Crippen LogP contribution is 2.42. The lowest BCUT2D eigenvalue weighted by molar-refractivity contribution is 0.623. The summed E-state index contributed by atoms with van der Waals surface area (Å²) in [6.07, 6.45) is 3.75. The monoisotopic (exact) mass is 691 g/mol. The summed E-state index contributed by atoms with van der Waals surface area (Å²) in [5.74, 6) is 0.618. The molecular formula is C50H33N3O. The van der Waals surface area contributed by atoms with Gasteiger partial charge in [-0.3, -0.25) is 4.98 Å². The van der Waals surface area contributed by atoms with Crippen molar-refractivity contribution in [3.8, 4) is 44.8 Å². The molecule has 2 aromatic heterocycles. The number of para-hydroxylation sites is 1. The minimum Gasteiger partial charge on any atom is -0.435 e. The average molecular weight is 692 g/mol. The third-order valence-corrected chi connectivity index (χ3v) is 10.2. The highest BCUT2D eigenvalue weighted by atomic mass is 16.3. The number of fused-ring (bicyclic) bond motifs is 5. The molecule has 0 amide bonds. The predicted molar refractivity (Wildman–Crippen MR) is 223 cm³/mol. The summed E-state index contributed by atoms with van der Waals surface area (Å²) in [5, 5.41) is 4.39. The van der Waals surface area contributed by atoms with Crippen LogP contribution in [0.2, 0.25) is 0 Å². The van der Waals surface area contributed by atoms with E-state index in [2.05, 4.69) is 162 Å². The molecular weight excluding hydrogens is 659 g/mol. The van der Waals surface area contributed by atoms with Gasteiger partial charge >= 0.3 is 0 Å². The molecule has 0 fully saturated rings. The van der Waals surface area contributed by atoms with E-state index in [1.807, 2.05) is 48.8 Å². The maximum Gasteiger partial charge on any atom is 0.227 e. The smallest absolute Gasteiger partial charge is 0.227 e. The highest BCUT2D eigenvalue weighted by Gasteiger charge is 2.18. The minimum absolute atomic E-state index is 0.618. The molecule has 10 rings (SSSR count). The fourth-order valence-corrected chi connectivity index (χ4v) is 7.53. The van der Waals surface area contributed by atoms with Crippen molar-refractivity contribution in [1.82, 2.24) is 9.97 Å². The topological polar surface area (TPSA) is 42.2 Å². The van der Waals surface area contributed by atoms with Crippen LogP contribution in [0.25, 0.3) is 77.5 Å². The number of rotatable bonds is 7. The standard InChI is InChI=1S/C50H33N3O/c1-4-11-34(12-5-1)35-18-24-42(25-19-35)53(41-16-8-3-9-17-41)43-26-20-36(21-27-43)38-22-28-44-45(40-15-10-30-51-33-40)32-39-23-29-47-49(48(39)46(44)31-38)54-50(52-47)37-13-6-2-7-14-37/h1-33H. The zero-order chi connectivity index (χ0) is 35.8. The fourth-order valence-electron chi connectivity index (χ4n) is 7.53. The second-order valence-corrected chi connectivity index (χ2v) is 13.5. The highest BCUT2D eigenvalue weighted by molar-refractivity contribution is 6.22. The van der Waals surface area contributed by atoms with Gasteiger partial charge in [-0.15, -0.1) is 0 Å². The van der Waals surface area contributed by atoms with Crippen molar-refractivity contribution >= 4 is 49.7 Å². The molecule has 4 nitrogen and oxygen atoms in total. The van der Waals surface area contributed by atoms with Gasteiger partial charge in [-0.1, -0.05) is 115 Å². The summed E-state index contributed by atoms with van der Waals surface area (Å²) >= 11 is 0. The van der Waals surface area contributed by atoms with E-state index in [9.17, 15) is 0 Å². The van der Waals surface area contributed by atoms with E-state index < -0.39 is 0 Å². The van der Waals surface area contributed by atoms with Crippen molar-refractivity contribution in [2.24, 2.45) is 0 Å². The molecule has 0 aliphatic heterocycles. The molecule has 8 aromatic carbocycles. The summed E-state index contributed by atoms with van der Waals surface area (Å²) in [4.78, 5) is 11.7. The van der Waals surface area contributed by atoms with Crippen LogP contribution in [0.3, 0.4) is 0 Å². The summed E-state index contributed by atoms with van der Waals surface area (Å²) in [5.41, 5.74) is 12.7. The van der Waals surface area contributed by atoms with Crippen molar-refractivity contribution in [2.75, 3.05) is 4.90 Å². The Morgan fingerprint density at radius 3 is 1.67 bits per heavy atom. The zero-order valence-corrected chi connectivity index (χ0v) is 29.3. The van der Waals surface area contributed by atoms with Crippen molar-refractivity contribution < 1.29 is 4.42 Å². The van der Waals surface area contributed by atoms with Crippen LogP contribution < -0.4 is 4.90 Å². The number of hydrogen-bond donors (Lipinski definition) is 0. The molecule has 0 saturated carbocycles. The van der Waals surface area contributed by atoms with Crippen molar-refractivity contribution in [3.05, 3.63) is 200 Å². The third-order valence-electron chi connectivity index (χ3n) is 10.2. The number of anilines is 3. The van der Waals surface area contributed by atoms with E-state index in [0.29, 0.717) is 5.89 Å². The van der Waals surface area contributed by atoms with Gasteiger partial charge in [-0.25, -0.2) is 4.98 Å². The van der Waals surface area contributed by atoms with E-state index in [-0.39, 0.29) is 0 Å². The molecule has 0 saturated heterocycles. The van der Waals surface area contributed by atoms with Crippen LogP contribution in [-0.2, 0) is 0 Å². The Hall–Kier alpha value is -7.30. The molecule has 0 aliphatic carbocycles. The number of aromatic nitrogens is 2. The quantitative estimate of drug-likeness (QED) is 0.156. The summed E-state index contributed by atoms with van der Waals surface area (Å²) in [6.45, 7) is 0. The Labute approximate surface area is 313 Å². The minimum atomic E-state index is 0.618. The molecule has 0 atom stereocenters. The van der Waals surface area contributed by atoms with Crippen LogP contribution in [0.5, 0.6) is 0 Å². The molecule has 254 valence electrons. The zero-order valence-electron chi connectivity index (χ0n) is 29.3. The van der Waals surface area contributed by atoms with Crippen LogP contribution in [0.4, 0.5) is 17.1 Å². The average Bonchev–Trinajstić information content (AvgIpc) is 3.70. The van der Waals surface area contributed by atoms with E-state index in [0.717, 1.165) is 77.5 Å². The molecule has 0 spiro atoms. The first-order valence-electron chi connectivity index (χ1n) is 18.1. The van der Waals surface area contributed by atoms with E-state index in [1.54, 1.807) is 0 Å². The van der Waals surface area contributed by atoms with E-state index >= 15 is 0 Å². The predicted octanol–water partition coefficient (Wildman–Crippen LogP) is 13.7. The lowest BCUT2D eigenvalue weighted by Crippen LogP contribution is -2.09. The Bertz CT molecular complexity index is 2890. The second-order valence-electron chi connectivity index (χ2n) is 13.5. The first-order valence-corrected chi connectivity index (χ1v) is 18.1. The summed E-state index contributed by atoms with van der Waals surface area (Å²) in [7, 11) is 0. The van der Waals surface area contributed by atoms with Crippen molar-refractivity contribution in [1.29, 1.82) is 0 Å². The molecule has 4 heteroatoms. The Morgan fingerprint density at radius 1 is 0.426 bits per heavy atom. The van der Waals surface area contributed by atoms with E-state index in [4.69, 9.17) is 9.40 Å². The molecule has 2 heterocycles. The maximum atomic E-state index is 6.60.